The van der Waals surface area contributed by atoms with Crippen LogP contribution in [-0.4, -0.2) is 54.9 Å². The number of nitrogens with two attached hydrogens (primary N) is 1. The summed E-state index contributed by atoms with van der Waals surface area (Å²) in [5.41, 5.74) is 11.3. The molecular weight excluding hydrogens is 434 g/mol. The van der Waals surface area contributed by atoms with Crippen LogP contribution in [0.1, 0.15) is 67.2 Å². The molecule has 1 aliphatic rings. The SMILES string of the molecule is CC(CCc1ccccc1)=NNC(=O)c1nnn(-c2nonc2N)c1CN(C)C1CCCCC1. The Morgan fingerprint density at radius 3 is 2.71 bits per heavy atom. The van der Waals surface area contributed by atoms with Crippen LogP contribution in [0.3, 0.4) is 0 Å². The first-order valence-electron chi connectivity index (χ1n) is 11.6. The highest BCUT2D eigenvalue weighted by atomic mass is 16.6. The molecule has 11 heteroatoms. The topological polar surface area (TPSA) is 140 Å². The molecule has 3 N–H and O–H groups in total. The van der Waals surface area contributed by atoms with Gasteiger partial charge in [-0.25, -0.2) is 10.1 Å². The second kappa shape index (κ2) is 11.0. The molecule has 2 aromatic heterocycles. The van der Waals surface area contributed by atoms with Gasteiger partial charge >= 0.3 is 0 Å². The lowest BCUT2D eigenvalue weighted by atomic mass is 9.94. The lowest BCUT2D eigenvalue weighted by Crippen LogP contribution is -2.34. The second-order valence-electron chi connectivity index (χ2n) is 8.75. The van der Waals surface area contributed by atoms with E-state index in [2.05, 4.69) is 48.2 Å². The average molecular weight is 466 g/mol. The number of amides is 1. The first-order valence-corrected chi connectivity index (χ1v) is 11.6. The third kappa shape index (κ3) is 5.66. The van der Waals surface area contributed by atoms with Gasteiger partial charge < -0.3 is 5.73 Å². The van der Waals surface area contributed by atoms with Crippen molar-refractivity contribution in [1.29, 1.82) is 0 Å². The van der Waals surface area contributed by atoms with E-state index < -0.39 is 5.91 Å². The Labute approximate surface area is 198 Å². The molecule has 1 saturated carbocycles. The summed E-state index contributed by atoms with van der Waals surface area (Å²) in [4.78, 5) is 15.3. The number of anilines is 1. The van der Waals surface area contributed by atoms with Crippen LogP contribution in [0, 0.1) is 0 Å². The van der Waals surface area contributed by atoms with E-state index in [0.717, 1.165) is 31.4 Å². The molecular formula is C23H31N9O2. The number of nitrogen functional groups attached to an aromatic ring is 1. The van der Waals surface area contributed by atoms with Crippen molar-refractivity contribution in [3.8, 4) is 5.82 Å². The summed E-state index contributed by atoms with van der Waals surface area (Å²) in [7, 11) is 2.05. The van der Waals surface area contributed by atoms with Crippen molar-refractivity contribution in [3.63, 3.8) is 0 Å². The van der Waals surface area contributed by atoms with Gasteiger partial charge in [-0.05, 0) is 55.5 Å². The fourth-order valence-corrected chi connectivity index (χ4v) is 4.24. The first kappa shape index (κ1) is 23.6. The lowest BCUT2D eigenvalue weighted by molar-refractivity contribution is 0.0946. The van der Waals surface area contributed by atoms with Gasteiger partial charge in [0.15, 0.2) is 5.69 Å². The number of carbonyl (C=O) groups excluding carboxylic acids is 1. The first-order chi connectivity index (χ1) is 16.5. The van der Waals surface area contributed by atoms with Gasteiger partial charge in [0.05, 0.1) is 5.69 Å². The molecule has 1 fully saturated rings. The molecule has 3 aromatic rings. The number of rotatable bonds is 9. The van der Waals surface area contributed by atoms with Gasteiger partial charge in [0, 0.05) is 18.3 Å². The summed E-state index contributed by atoms with van der Waals surface area (Å²) < 4.78 is 6.16. The lowest BCUT2D eigenvalue weighted by Gasteiger charge is -2.31. The summed E-state index contributed by atoms with van der Waals surface area (Å²) in [5, 5.41) is 20.0. The van der Waals surface area contributed by atoms with Crippen LogP contribution in [0.25, 0.3) is 5.82 Å². The Balaban J connectivity index is 1.50. The van der Waals surface area contributed by atoms with Gasteiger partial charge in [-0.2, -0.15) is 9.78 Å². The molecule has 180 valence electrons. The highest BCUT2D eigenvalue weighted by Gasteiger charge is 2.27. The third-order valence-electron chi connectivity index (χ3n) is 6.24. The van der Waals surface area contributed by atoms with Gasteiger partial charge in [0.2, 0.25) is 11.6 Å². The number of nitrogens with one attached hydrogen (secondary N) is 1. The summed E-state index contributed by atoms with van der Waals surface area (Å²) in [5.74, 6) is -0.151. The van der Waals surface area contributed by atoms with E-state index in [4.69, 9.17) is 10.4 Å². The van der Waals surface area contributed by atoms with E-state index >= 15 is 0 Å². The Hall–Kier alpha value is -3.60. The van der Waals surface area contributed by atoms with Crippen molar-refractivity contribution in [2.24, 2.45) is 5.10 Å². The molecule has 0 saturated heterocycles. The largest absolute Gasteiger partial charge is 0.378 e. The van der Waals surface area contributed by atoms with Crippen molar-refractivity contribution in [1.82, 2.24) is 35.6 Å². The monoisotopic (exact) mass is 465 g/mol. The summed E-state index contributed by atoms with van der Waals surface area (Å²) >= 11 is 0. The molecule has 2 heterocycles. The van der Waals surface area contributed by atoms with Gasteiger partial charge in [-0.15, -0.1) is 5.10 Å². The number of aryl methyl sites for hydroxylation is 1. The average Bonchev–Trinajstić information content (AvgIpc) is 3.48. The predicted octanol–water partition coefficient (Wildman–Crippen LogP) is 2.74. The van der Waals surface area contributed by atoms with E-state index in [1.54, 1.807) is 0 Å². The van der Waals surface area contributed by atoms with Crippen LogP contribution in [0.2, 0.25) is 0 Å². The quantitative estimate of drug-likeness (QED) is 0.363. The second-order valence-corrected chi connectivity index (χ2v) is 8.75. The van der Waals surface area contributed by atoms with Crippen molar-refractivity contribution in [2.45, 2.75) is 64.5 Å². The van der Waals surface area contributed by atoms with Gasteiger partial charge in [-0.3, -0.25) is 9.69 Å². The Morgan fingerprint density at radius 1 is 1.24 bits per heavy atom. The van der Waals surface area contributed by atoms with E-state index in [-0.39, 0.29) is 17.3 Å². The highest BCUT2D eigenvalue weighted by molar-refractivity contribution is 5.94. The molecule has 0 bridgehead atoms. The van der Waals surface area contributed by atoms with Crippen molar-refractivity contribution >= 4 is 17.4 Å². The molecule has 1 aromatic carbocycles. The smallest absolute Gasteiger partial charge is 0.293 e. The summed E-state index contributed by atoms with van der Waals surface area (Å²) in [6, 6.07) is 10.6. The molecule has 0 radical (unpaired) electrons. The Kier molecular flexibility index (Phi) is 7.63. The number of benzene rings is 1. The molecule has 0 atom stereocenters. The van der Waals surface area contributed by atoms with Crippen molar-refractivity contribution < 1.29 is 9.42 Å². The number of aromatic nitrogens is 5. The molecule has 0 spiro atoms. The van der Waals surface area contributed by atoms with E-state index in [9.17, 15) is 4.79 Å². The van der Waals surface area contributed by atoms with Crippen LogP contribution in [0.5, 0.6) is 0 Å². The minimum atomic E-state index is -0.438. The fourth-order valence-electron chi connectivity index (χ4n) is 4.24. The molecule has 34 heavy (non-hydrogen) atoms. The zero-order valence-corrected chi connectivity index (χ0v) is 19.6. The minimum Gasteiger partial charge on any atom is -0.378 e. The maximum absolute atomic E-state index is 13.0. The Bertz CT molecular complexity index is 1120. The molecule has 1 amide bonds. The van der Waals surface area contributed by atoms with Crippen molar-refractivity contribution in [3.05, 3.63) is 47.3 Å². The van der Waals surface area contributed by atoms with E-state index in [1.165, 1.54) is 29.5 Å². The van der Waals surface area contributed by atoms with Crippen LogP contribution >= 0.6 is 0 Å². The minimum absolute atomic E-state index is 0.0770. The maximum atomic E-state index is 13.0. The third-order valence-corrected chi connectivity index (χ3v) is 6.24. The summed E-state index contributed by atoms with van der Waals surface area (Å²) in [6.07, 6.45) is 7.50. The van der Waals surface area contributed by atoms with E-state index in [1.807, 2.05) is 32.2 Å². The van der Waals surface area contributed by atoms with Crippen LogP contribution < -0.4 is 11.2 Å². The number of hydrogen-bond acceptors (Lipinski definition) is 9. The van der Waals surface area contributed by atoms with Crippen molar-refractivity contribution in [2.75, 3.05) is 12.8 Å². The maximum Gasteiger partial charge on any atom is 0.293 e. The van der Waals surface area contributed by atoms with Crippen LogP contribution in [-0.2, 0) is 13.0 Å². The zero-order chi connectivity index (χ0) is 23.9. The normalized spacial score (nSPS) is 15.1. The number of hydrogen-bond donors (Lipinski definition) is 2. The standard InChI is InChI=1S/C23H31N9O2/c1-16(13-14-17-9-5-3-6-10-17)25-27-23(33)20-19(15-31(2)18-11-7-4-8-12-18)32(30-26-20)22-21(24)28-34-29-22/h3,5-6,9-10,18H,4,7-8,11-15H2,1-2H3,(H2,24,28)(H,27,33). The molecule has 0 unspecified atom stereocenters. The zero-order valence-electron chi connectivity index (χ0n) is 19.6. The number of carbonyl (C=O) groups is 1. The molecule has 1 aliphatic carbocycles. The fraction of sp³-hybridized carbons (Fsp3) is 0.478. The van der Waals surface area contributed by atoms with E-state index in [0.29, 0.717) is 18.3 Å². The van der Waals surface area contributed by atoms with Crippen LogP contribution in [0.15, 0.2) is 40.1 Å². The highest BCUT2D eigenvalue weighted by Crippen LogP contribution is 2.24. The van der Waals surface area contributed by atoms with Gasteiger partial charge in [0.1, 0.15) is 0 Å². The molecule has 11 nitrogen and oxygen atoms in total. The van der Waals surface area contributed by atoms with Crippen LogP contribution in [0.4, 0.5) is 5.82 Å². The molecule has 0 aliphatic heterocycles. The number of hydrazone groups is 1. The van der Waals surface area contributed by atoms with Gasteiger partial charge in [0.25, 0.3) is 5.91 Å². The number of nitrogens with zero attached hydrogens (tertiary/aromatic N) is 7. The predicted molar refractivity (Wildman–Crippen MR) is 127 cm³/mol. The molecule has 4 rings (SSSR count). The van der Waals surface area contributed by atoms with Gasteiger partial charge in [-0.1, -0.05) is 54.8 Å². The Morgan fingerprint density at radius 2 is 2.00 bits per heavy atom. The summed E-state index contributed by atoms with van der Waals surface area (Å²) in [6.45, 7) is 2.34.